The lowest BCUT2D eigenvalue weighted by molar-refractivity contribution is 0.0666. The molecule has 0 saturated carbocycles. The summed E-state index contributed by atoms with van der Waals surface area (Å²) < 4.78 is 13.9. The molecule has 40 heavy (non-hydrogen) atoms. The first-order valence-electron chi connectivity index (χ1n) is 12.8. The van der Waals surface area contributed by atoms with Gasteiger partial charge in [-0.25, -0.2) is 4.39 Å². The van der Waals surface area contributed by atoms with Gasteiger partial charge < -0.3 is 4.90 Å². The number of ketones is 3. The molecule has 4 nitrogen and oxygen atoms in total. The fraction of sp³-hybridized carbons (Fsp3) is 0.121. The van der Waals surface area contributed by atoms with E-state index >= 15 is 0 Å². The second kappa shape index (κ2) is 8.98. The van der Waals surface area contributed by atoms with E-state index in [1.807, 2.05) is 23.1 Å². The van der Waals surface area contributed by atoms with E-state index in [9.17, 15) is 18.8 Å². The second-order valence-electron chi connectivity index (χ2n) is 10.3. The van der Waals surface area contributed by atoms with Crippen LogP contribution in [-0.4, -0.2) is 29.4 Å². The molecule has 1 fully saturated rings. The normalized spacial score (nSPS) is 21.9. The van der Waals surface area contributed by atoms with Crippen molar-refractivity contribution in [2.24, 2.45) is 5.41 Å². The van der Waals surface area contributed by atoms with Gasteiger partial charge in [-0.05, 0) is 65.7 Å². The smallest absolute Gasteiger partial charge is 0.185 e. The van der Waals surface area contributed by atoms with Crippen molar-refractivity contribution >= 4 is 52.3 Å². The van der Waals surface area contributed by atoms with E-state index in [0.717, 1.165) is 5.56 Å². The van der Waals surface area contributed by atoms with Gasteiger partial charge in [-0.1, -0.05) is 71.8 Å². The molecule has 4 aromatic carbocycles. The molecule has 0 unspecified atom stereocenters. The third-order valence-corrected chi connectivity index (χ3v) is 8.88. The number of benzene rings is 4. The maximum Gasteiger partial charge on any atom is 0.185 e. The van der Waals surface area contributed by atoms with Crippen molar-refractivity contribution in [3.8, 4) is 0 Å². The van der Waals surface area contributed by atoms with Crippen LogP contribution >= 0.6 is 23.2 Å². The van der Waals surface area contributed by atoms with Crippen molar-refractivity contribution < 1.29 is 18.8 Å². The summed E-state index contributed by atoms with van der Waals surface area (Å²) in [6.07, 6.45) is 3.69. The first-order chi connectivity index (χ1) is 19.3. The Balaban J connectivity index is 1.54. The van der Waals surface area contributed by atoms with Gasteiger partial charge in [0.15, 0.2) is 17.3 Å². The van der Waals surface area contributed by atoms with Gasteiger partial charge in [0, 0.05) is 38.3 Å². The van der Waals surface area contributed by atoms with Crippen molar-refractivity contribution in [1.82, 2.24) is 0 Å². The van der Waals surface area contributed by atoms with Crippen LogP contribution in [0.5, 0.6) is 0 Å². The summed E-state index contributed by atoms with van der Waals surface area (Å²) in [5.41, 5.74) is 1.44. The maximum absolute atomic E-state index is 14.6. The molecule has 196 valence electrons. The molecule has 0 aromatic heterocycles. The van der Waals surface area contributed by atoms with E-state index in [4.69, 9.17) is 23.2 Å². The summed E-state index contributed by atoms with van der Waals surface area (Å²) in [6.45, 7) is 0. The number of carbonyl (C=O) groups excluding carboxylic acids is 3. The van der Waals surface area contributed by atoms with Gasteiger partial charge in [0.1, 0.15) is 17.3 Å². The van der Waals surface area contributed by atoms with Crippen LogP contribution in [0.4, 0.5) is 10.1 Å². The monoisotopic (exact) mass is 567 g/mol. The molecule has 2 aliphatic heterocycles. The fourth-order valence-electron chi connectivity index (χ4n) is 6.78. The molecule has 7 rings (SSSR count). The van der Waals surface area contributed by atoms with Crippen LogP contribution in [0.25, 0.3) is 6.08 Å². The second-order valence-corrected chi connectivity index (χ2v) is 11.2. The lowest BCUT2D eigenvalue weighted by atomic mass is 9.64. The largest absolute Gasteiger partial charge is 0.352 e. The maximum atomic E-state index is 14.6. The highest BCUT2D eigenvalue weighted by molar-refractivity contribution is 6.33. The summed E-state index contributed by atoms with van der Waals surface area (Å²) >= 11 is 12.6. The Labute approximate surface area is 239 Å². The average Bonchev–Trinajstić information content (AvgIpc) is 3.39. The van der Waals surface area contributed by atoms with Crippen molar-refractivity contribution in [3.05, 3.63) is 141 Å². The number of rotatable bonds is 3. The Bertz CT molecular complexity index is 1730. The molecule has 3 aliphatic rings. The van der Waals surface area contributed by atoms with Crippen LogP contribution in [0.3, 0.4) is 0 Å². The lowest BCUT2D eigenvalue weighted by Crippen LogP contribution is -2.48. The van der Waals surface area contributed by atoms with E-state index in [0.29, 0.717) is 32.4 Å². The molecule has 3 atom stereocenters. The summed E-state index contributed by atoms with van der Waals surface area (Å²) in [7, 11) is 0. The zero-order valence-corrected chi connectivity index (χ0v) is 22.4. The van der Waals surface area contributed by atoms with Gasteiger partial charge in [0.25, 0.3) is 0 Å². The predicted molar refractivity (Wildman–Crippen MR) is 153 cm³/mol. The summed E-state index contributed by atoms with van der Waals surface area (Å²) in [4.78, 5) is 45.5. The molecule has 0 radical (unpaired) electrons. The zero-order chi connectivity index (χ0) is 27.8. The van der Waals surface area contributed by atoms with Crippen molar-refractivity contribution in [3.63, 3.8) is 0 Å². The van der Waals surface area contributed by atoms with Crippen LogP contribution in [-0.2, 0) is 0 Å². The Morgan fingerprint density at radius 1 is 0.800 bits per heavy atom. The minimum absolute atomic E-state index is 0.279. The number of hydrogen-bond acceptors (Lipinski definition) is 4. The van der Waals surface area contributed by atoms with E-state index in [-0.39, 0.29) is 22.9 Å². The lowest BCUT2D eigenvalue weighted by Gasteiger charge is -2.37. The van der Waals surface area contributed by atoms with Crippen LogP contribution in [0, 0.1) is 11.2 Å². The fourth-order valence-corrected chi connectivity index (χ4v) is 7.08. The van der Waals surface area contributed by atoms with E-state index in [2.05, 4.69) is 0 Å². The first-order valence-corrected chi connectivity index (χ1v) is 13.6. The summed E-state index contributed by atoms with van der Waals surface area (Å²) in [6, 6.07) is 22.7. The third-order valence-electron chi connectivity index (χ3n) is 8.39. The number of anilines is 1. The topological polar surface area (TPSA) is 54.5 Å². The van der Waals surface area contributed by atoms with Gasteiger partial charge in [0.05, 0.1) is 6.04 Å². The molecule has 1 aliphatic carbocycles. The minimum atomic E-state index is -1.62. The van der Waals surface area contributed by atoms with E-state index < -0.39 is 29.2 Å². The van der Waals surface area contributed by atoms with Crippen LogP contribution < -0.4 is 4.90 Å². The highest BCUT2D eigenvalue weighted by atomic mass is 35.5. The number of carbonyl (C=O) groups is 3. The standard InChI is InChI=1S/C33H20Cl2FNO3/c34-21-10-5-18(6-11-21)28-29(30(38)19-7-13-23(36)14-8-19)37-26-15-12-22(35)17-20(26)9-16-27(37)33(28)31(39)24-3-1-2-4-25(24)32(33)40/h1-17,27-29H/t27-,28+,29-/m0/s1. The molecular weight excluding hydrogens is 548 g/mol. The molecule has 2 heterocycles. The number of hydrogen-bond donors (Lipinski definition) is 0. The van der Waals surface area contributed by atoms with Gasteiger partial charge in [-0.15, -0.1) is 0 Å². The molecule has 4 aromatic rings. The molecule has 7 heteroatoms. The SMILES string of the molecule is O=C(c1ccc(F)cc1)[C@@H]1[C@@H](c2ccc(Cl)cc2)C2(C(=O)c3ccccc3C2=O)[C@@H]2C=Cc3cc(Cl)ccc3N12. The quantitative estimate of drug-likeness (QED) is 0.190. The number of nitrogens with zero attached hydrogens (tertiary/aromatic N) is 1. The summed E-state index contributed by atoms with van der Waals surface area (Å²) in [5, 5.41) is 1.01. The van der Waals surface area contributed by atoms with Gasteiger partial charge in [-0.2, -0.15) is 0 Å². The number of Topliss-reactive ketones (excluding diaryl/α,β-unsaturated/α-hetero) is 3. The summed E-state index contributed by atoms with van der Waals surface area (Å²) in [5.74, 6) is -2.30. The van der Waals surface area contributed by atoms with E-state index in [1.54, 1.807) is 60.7 Å². The number of halogens is 3. The zero-order valence-electron chi connectivity index (χ0n) is 20.9. The molecular formula is C33H20Cl2FNO3. The molecule has 1 saturated heterocycles. The van der Waals surface area contributed by atoms with Gasteiger partial charge in [-0.3, -0.25) is 14.4 Å². The highest BCUT2D eigenvalue weighted by Gasteiger charge is 2.71. The Hall–Kier alpha value is -4.06. The molecule has 1 spiro atoms. The first kappa shape index (κ1) is 24.9. The molecule has 0 amide bonds. The van der Waals surface area contributed by atoms with Gasteiger partial charge in [0.2, 0.25) is 0 Å². The Morgan fingerprint density at radius 3 is 2.08 bits per heavy atom. The average molecular weight is 568 g/mol. The van der Waals surface area contributed by atoms with Crippen molar-refractivity contribution in [2.45, 2.75) is 18.0 Å². The highest BCUT2D eigenvalue weighted by Crippen LogP contribution is 2.61. The minimum Gasteiger partial charge on any atom is -0.352 e. The Morgan fingerprint density at radius 2 is 1.43 bits per heavy atom. The van der Waals surface area contributed by atoms with Crippen molar-refractivity contribution in [2.75, 3.05) is 4.90 Å². The Kier molecular flexibility index (Phi) is 5.60. The predicted octanol–water partition coefficient (Wildman–Crippen LogP) is 7.45. The third kappa shape index (κ3) is 3.34. The molecule has 0 bridgehead atoms. The van der Waals surface area contributed by atoms with Gasteiger partial charge >= 0.3 is 0 Å². The van der Waals surface area contributed by atoms with Crippen LogP contribution in [0.1, 0.15) is 48.1 Å². The van der Waals surface area contributed by atoms with Crippen LogP contribution in [0.2, 0.25) is 10.0 Å². The molecule has 0 N–H and O–H groups in total. The van der Waals surface area contributed by atoms with Crippen LogP contribution in [0.15, 0.2) is 97.1 Å². The van der Waals surface area contributed by atoms with E-state index in [1.165, 1.54) is 24.3 Å². The van der Waals surface area contributed by atoms with Crippen molar-refractivity contribution in [1.29, 1.82) is 0 Å². The number of fused-ring (bicyclic) bond motifs is 5.